The molecule has 6 heteroatoms. The summed E-state index contributed by atoms with van der Waals surface area (Å²) in [6, 6.07) is 5.88. The van der Waals surface area contributed by atoms with Crippen LogP contribution in [0.1, 0.15) is 22.4 Å². The van der Waals surface area contributed by atoms with Crippen molar-refractivity contribution in [2.24, 2.45) is 0 Å². The molecule has 0 spiro atoms. The van der Waals surface area contributed by atoms with E-state index in [4.69, 9.17) is 5.73 Å². The minimum Gasteiger partial charge on any atom is -0.398 e. The fourth-order valence-electron chi connectivity index (χ4n) is 2.14. The minimum absolute atomic E-state index is 0.150. The zero-order valence-electron chi connectivity index (χ0n) is 12.2. The summed E-state index contributed by atoms with van der Waals surface area (Å²) in [5.41, 5.74) is 9.88. The van der Waals surface area contributed by atoms with Gasteiger partial charge in [-0.3, -0.25) is 15.1 Å². The Kier molecular flexibility index (Phi) is 4.47. The van der Waals surface area contributed by atoms with E-state index >= 15 is 0 Å². The molecule has 1 heterocycles. The smallest absolute Gasteiger partial charge is 0.278 e. The molecule has 0 unspecified atom stereocenters. The van der Waals surface area contributed by atoms with Gasteiger partial charge < -0.3 is 5.73 Å². The van der Waals surface area contributed by atoms with Crippen molar-refractivity contribution in [2.45, 2.75) is 31.4 Å². The van der Waals surface area contributed by atoms with E-state index in [9.17, 15) is 10.1 Å². The maximum atomic E-state index is 11.1. The van der Waals surface area contributed by atoms with E-state index in [0.29, 0.717) is 16.9 Å². The van der Waals surface area contributed by atoms with Crippen LogP contribution >= 0.6 is 11.8 Å². The second-order valence-electron chi connectivity index (χ2n) is 4.95. The number of hydrogen-bond acceptors (Lipinski definition) is 5. The van der Waals surface area contributed by atoms with E-state index < -0.39 is 0 Å². The van der Waals surface area contributed by atoms with Crippen molar-refractivity contribution in [1.82, 2.24) is 4.98 Å². The van der Waals surface area contributed by atoms with Gasteiger partial charge in [0.1, 0.15) is 0 Å². The van der Waals surface area contributed by atoms with Gasteiger partial charge in [0.2, 0.25) is 0 Å². The first-order chi connectivity index (χ1) is 9.90. The maximum absolute atomic E-state index is 11.1. The monoisotopic (exact) mass is 303 g/mol. The molecule has 0 saturated carbocycles. The van der Waals surface area contributed by atoms with Crippen molar-refractivity contribution in [3.05, 3.63) is 56.9 Å². The Balaban J connectivity index is 2.24. The van der Waals surface area contributed by atoms with Crippen LogP contribution in [0.2, 0.25) is 0 Å². The van der Waals surface area contributed by atoms with Crippen LogP contribution in [-0.4, -0.2) is 9.91 Å². The number of rotatable bonds is 4. The fraction of sp³-hybridized carbons (Fsp3) is 0.267. The molecule has 0 bridgehead atoms. The second kappa shape index (κ2) is 6.13. The van der Waals surface area contributed by atoms with Crippen molar-refractivity contribution < 1.29 is 4.92 Å². The molecular weight excluding hydrogens is 286 g/mol. The van der Waals surface area contributed by atoms with E-state index in [1.54, 1.807) is 20.0 Å². The van der Waals surface area contributed by atoms with Crippen LogP contribution in [0.3, 0.4) is 0 Å². The van der Waals surface area contributed by atoms with Crippen LogP contribution in [0.4, 0.5) is 11.4 Å². The Bertz CT molecular complexity index is 702. The third-order valence-electron chi connectivity index (χ3n) is 3.29. The molecule has 0 saturated heterocycles. The summed E-state index contributed by atoms with van der Waals surface area (Å²) in [7, 11) is 0. The minimum atomic E-state index is -0.346. The van der Waals surface area contributed by atoms with Crippen molar-refractivity contribution in [1.29, 1.82) is 0 Å². The van der Waals surface area contributed by atoms with E-state index in [-0.39, 0.29) is 10.6 Å². The van der Waals surface area contributed by atoms with Gasteiger partial charge in [-0.1, -0.05) is 6.07 Å². The van der Waals surface area contributed by atoms with Gasteiger partial charge in [0, 0.05) is 33.7 Å². The molecule has 21 heavy (non-hydrogen) atoms. The maximum Gasteiger partial charge on any atom is 0.278 e. The van der Waals surface area contributed by atoms with Gasteiger partial charge >= 0.3 is 0 Å². The number of aryl methyl sites for hydroxylation is 2. The first kappa shape index (κ1) is 15.3. The molecule has 0 aliphatic rings. The predicted octanol–water partition coefficient (Wildman–Crippen LogP) is 3.79. The quantitative estimate of drug-likeness (QED) is 0.402. The number of nitro groups is 1. The Hall–Kier alpha value is -2.08. The zero-order chi connectivity index (χ0) is 15.6. The molecule has 5 nitrogen and oxygen atoms in total. The van der Waals surface area contributed by atoms with Crippen molar-refractivity contribution in [3.8, 4) is 0 Å². The standard InChI is InChI=1S/C15H17N3O2S/c1-9-4-5-14(12(16)6-9)21-8-13-11(3)15(18(19)20)10(2)7-17-13/h4-7H,8,16H2,1-3H3. The lowest BCUT2D eigenvalue weighted by Crippen LogP contribution is -2.01. The van der Waals surface area contributed by atoms with Gasteiger partial charge in [0.05, 0.1) is 10.6 Å². The number of aromatic nitrogens is 1. The lowest BCUT2D eigenvalue weighted by atomic mass is 10.1. The second-order valence-corrected chi connectivity index (χ2v) is 5.97. The van der Waals surface area contributed by atoms with Crippen molar-refractivity contribution in [3.63, 3.8) is 0 Å². The summed E-state index contributed by atoms with van der Waals surface area (Å²) in [6.45, 7) is 5.43. The Labute approximate surface area is 127 Å². The molecule has 2 N–H and O–H groups in total. The highest BCUT2D eigenvalue weighted by Gasteiger charge is 2.18. The third kappa shape index (κ3) is 3.33. The first-order valence-corrected chi connectivity index (χ1v) is 7.47. The normalized spacial score (nSPS) is 10.6. The van der Waals surface area contributed by atoms with Gasteiger partial charge in [0.15, 0.2) is 0 Å². The van der Waals surface area contributed by atoms with Crippen LogP contribution in [-0.2, 0) is 5.75 Å². The Morgan fingerprint density at radius 1 is 1.33 bits per heavy atom. The summed E-state index contributed by atoms with van der Waals surface area (Å²) < 4.78 is 0. The first-order valence-electron chi connectivity index (χ1n) is 6.48. The molecule has 1 aromatic carbocycles. The number of hydrogen-bond donors (Lipinski definition) is 1. The molecule has 0 atom stereocenters. The van der Waals surface area contributed by atoms with Crippen LogP contribution in [0.5, 0.6) is 0 Å². The molecular formula is C15H17N3O2S. The van der Waals surface area contributed by atoms with Crippen LogP contribution in [0.15, 0.2) is 29.3 Å². The molecule has 1 aromatic heterocycles. The number of anilines is 1. The van der Waals surface area contributed by atoms with E-state index in [1.165, 1.54) is 11.8 Å². The number of nitrogens with two attached hydrogens (primary N) is 1. The largest absolute Gasteiger partial charge is 0.398 e. The van der Waals surface area contributed by atoms with Crippen LogP contribution in [0.25, 0.3) is 0 Å². The highest BCUT2D eigenvalue weighted by Crippen LogP contribution is 2.31. The summed E-state index contributed by atoms with van der Waals surface area (Å²) in [5.74, 6) is 0.556. The van der Waals surface area contributed by atoms with Gasteiger partial charge in [-0.25, -0.2) is 0 Å². The van der Waals surface area contributed by atoms with E-state index in [2.05, 4.69) is 4.98 Å². The lowest BCUT2D eigenvalue weighted by molar-refractivity contribution is -0.386. The number of pyridine rings is 1. The zero-order valence-corrected chi connectivity index (χ0v) is 13.0. The van der Waals surface area contributed by atoms with Crippen molar-refractivity contribution >= 4 is 23.1 Å². The van der Waals surface area contributed by atoms with Crippen molar-refractivity contribution in [2.75, 3.05) is 5.73 Å². The summed E-state index contributed by atoms with van der Waals surface area (Å²) >= 11 is 1.54. The summed E-state index contributed by atoms with van der Waals surface area (Å²) in [6.07, 6.45) is 1.56. The molecule has 0 aliphatic heterocycles. The molecule has 0 fully saturated rings. The van der Waals surface area contributed by atoms with E-state index in [1.807, 2.05) is 25.1 Å². The molecule has 2 aromatic rings. The van der Waals surface area contributed by atoms with Gasteiger partial charge in [-0.15, -0.1) is 11.8 Å². The number of benzene rings is 1. The lowest BCUT2D eigenvalue weighted by Gasteiger charge is -2.09. The highest BCUT2D eigenvalue weighted by molar-refractivity contribution is 7.98. The highest BCUT2D eigenvalue weighted by atomic mass is 32.2. The number of nitrogen functional groups attached to an aromatic ring is 1. The van der Waals surface area contributed by atoms with Gasteiger partial charge in [0.25, 0.3) is 5.69 Å². The molecule has 2 rings (SSSR count). The SMILES string of the molecule is Cc1ccc(SCc2ncc(C)c([N+](=O)[O-])c2C)c(N)c1. The Morgan fingerprint density at radius 3 is 2.67 bits per heavy atom. The third-order valence-corrected chi connectivity index (χ3v) is 4.39. The average Bonchev–Trinajstić information content (AvgIpc) is 2.39. The number of thioether (sulfide) groups is 1. The molecule has 0 aliphatic carbocycles. The van der Waals surface area contributed by atoms with Crippen LogP contribution in [0, 0.1) is 30.9 Å². The average molecular weight is 303 g/mol. The fourth-order valence-corrected chi connectivity index (χ4v) is 3.11. The summed E-state index contributed by atoms with van der Waals surface area (Å²) in [4.78, 5) is 16.0. The van der Waals surface area contributed by atoms with E-state index in [0.717, 1.165) is 21.8 Å². The Morgan fingerprint density at radius 2 is 2.05 bits per heavy atom. The topological polar surface area (TPSA) is 82.0 Å². The van der Waals surface area contributed by atoms with Gasteiger partial charge in [-0.2, -0.15) is 0 Å². The predicted molar refractivity (Wildman–Crippen MR) is 85.5 cm³/mol. The van der Waals surface area contributed by atoms with Crippen LogP contribution < -0.4 is 5.73 Å². The molecule has 0 radical (unpaired) electrons. The molecule has 110 valence electrons. The number of nitrogens with zero attached hydrogens (tertiary/aromatic N) is 2. The summed E-state index contributed by atoms with van der Waals surface area (Å²) in [5, 5.41) is 11.1. The molecule has 0 amide bonds. The van der Waals surface area contributed by atoms with Gasteiger partial charge in [-0.05, 0) is 38.5 Å².